The number of hydrogen-bond acceptors (Lipinski definition) is 4. The molecule has 2 rings (SSSR count). The van der Waals surface area contributed by atoms with Crippen LogP contribution in [0.1, 0.15) is 12.0 Å². The SMILES string of the molecule is O=S(=O)(CCCCl)N1CCN(Cc2ccsc2)CC1. The molecule has 0 aromatic carbocycles. The fraction of sp³-hybridized carbons (Fsp3) is 0.667. The van der Waals surface area contributed by atoms with Gasteiger partial charge < -0.3 is 0 Å². The molecule has 0 unspecified atom stereocenters. The molecule has 108 valence electrons. The van der Waals surface area contributed by atoms with Crippen molar-refractivity contribution in [1.29, 1.82) is 0 Å². The molecule has 0 amide bonds. The van der Waals surface area contributed by atoms with Gasteiger partial charge >= 0.3 is 0 Å². The maximum atomic E-state index is 12.0. The molecule has 7 heteroatoms. The van der Waals surface area contributed by atoms with Gasteiger partial charge in [-0.3, -0.25) is 4.90 Å². The number of halogens is 1. The van der Waals surface area contributed by atoms with E-state index in [0.717, 1.165) is 19.6 Å². The number of piperazine rings is 1. The summed E-state index contributed by atoms with van der Waals surface area (Å²) in [5.74, 6) is 0.568. The summed E-state index contributed by atoms with van der Waals surface area (Å²) in [6, 6.07) is 2.12. The number of thiophene rings is 1. The Morgan fingerprint density at radius 2 is 2.00 bits per heavy atom. The lowest BCUT2D eigenvalue weighted by Crippen LogP contribution is -2.48. The van der Waals surface area contributed by atoms with Crippen molar-refractivity contribution < 1.29 is 8.42 Å². The zero-order valence-corrected chi connectivity index (χ0v) is 13.2. The molecule has 1 aliphatic rings. The van der Waals surface area contributed by atoms with Crippen LogP contribution in [-0.4, -0.2) is 55.4 Å². The van der Waals surface area contributed by atoms with Gasteiger partial charge in [0, 0.05) is 38.6 Å². The Bertz CT molecular complexity index is 468. The van der Waals surface area contributed by atoms with E-state index in [1.54, 1.807) is 15.6 Å². The Labute approximate surface area is 124 Å². The molecule has 4 nitrogen and oxygen atoms in total. The summed E-state index contributed by atoms with van der Waals surface area (Å²) in [5, 5.41) is 4.21. The maximum Gasteiger partial charge on any atom is 0.214 e. The van der Waals surface area contributed by atoms with Crippen molar-refractivity contribution in [3.05, 3.63) is 22.4 Å². The van der Waals surface area contributed by atoms with Gasteiger partial charge in [0.15, 0.2) is 0 Å². The molecule has 1 aliphatic heterocycles. The van der Waals surface area contributed by atoms with E-state index in [1.165, 1.54) is 5.56 Å². The summed E-state index contributed by atoms with van der Waals surface area (Å²) in [5.41, 5.74) is 1.31. The van der Waals surface area contributed by atoms with E-state index in [-0.39, 0.29) is 5.75 Å². The van der Waals surface area contributed by atoms with Crippen molar-refractivity contribution in [2.24, 2.45) is 0 Å². The minimum Gasteiger partial charge on any atom is -0.296 e. The van der Waals surface area contributed by atoms with Crippen LogP contribution in [0.4, 0.5) is 0 Å². The zero-order chi connectivity index (χ0) is 13.7. The Hall–Kier alpha value is -0.140. The fourth-order valence-electron chi connectivity index (χ4n) is 2.17. The smallest absolute Gasteiger partial charge is 0.214 e. The highest BCUT2D eigenvalue weighted by Crippen LogP contribution is 2.14. The fourth-order valence-corrected chi connectivity index (χ4v) is 4.61. The molecule has 0 bridgehead atoms. The second-order valence-electron chi connectivity index (χ2n) is 4.67. The van der Waals surface area contributed by atoms with Crippen LogP contribution in [0.3, 0.4) is 0 Å². The van der Waals surface area contributed by atoms with Crippen LogP contribution in [0.15, 0.2) is 16.8 Å². The predicted octanol–water partition coefficient (Wildman–Crippen LogP) is 1.82. The van der Waals surface area contributed by atoms with Crippen molar-refractivity contribution >= 4 is 33.0 Å². The molecular formula is C12H19ClN2O2S2. The van der Waals surface area contributed by atoms with Crippen molar-refractivity contribution in [2.75, 3.05) is 37.8 Å². The van der Waals surface area contributed by atoms with Crippen molar-refractivity contribution in [3.63, 3.8) is 0 Å². The molecule has 0 spiro atoms. The molecule has 0 radical (unpaired) electrons. The van der Waals surface area contributed by atoms with Gasteiger partial charge in [0.2, 0.25) is 10.0 Å². The first-order valence-corrected chi connectivity index (χ1v) is 9.48. The van der Waals surface area contributed by atoms with Gasteiger partial charge in [0.1, 0.15) is 0 Å². The van der Waals surface area contributed by atoms with Gasteiger partial charge in [0.05, 0.1) is 5.75 Å². The highest BCUT2D eigenvalue weighted by molar-refractivity contribution is 7.89. The number of alkyl halides is 1. The average Bonchev–Trinajstić information content (AvgIpc) is 2.90. The third-order valence-electron chi connectivity index (χ3n) is 3.25. The van der Waals surface area contributed by atoms with E-state index >= 15 is 0 Å². The van der Waals surface area contributed by atoms with Gasteiger partial charge in [0.25, 0.3) is 0 Å². The summed E-state index contributed by atoms with van der Waals surface area (Å²) in [6.07, 6.45) is 0.527. The molecule has 1 aromatic rings. The van der Waals surface area contributed by atoms with Crippen molar-refractivity contribution in [1.82, 2.24) is 9.21 Å². The lowest BCUT2D eigenvalue weighted by atomic mass is 10.3. The monoisotopic (exact) mass is 322 g/mol. The highest BCUT2D eigenvalue weighted by Gasteiger charge is 2.26. The molecular weight excluding hydrogens is 304 g/mol. The Balaban J connectivity index is 1.82. The molecule has 1 saturated heterocycles. The van der Waals surface area contributed by atoms with Crippen LogP contribution < -0.4 is 0 Å². The summed E-state index contributed by atoms with van der Waals surface area (Å²) < 4.78 is 25.6. The number of nitrogens with zero attached hydrogens (tertiary/aromatic N) is 2. The summed E-state index contributed by atoms with van der Waals surface area (Å²) >= 11 is 7.26. The van der Waals surface area contributed by atoms with Crippen LogP contribution in [0, 0.1) is 0 Å². The Morgan fingerprint density at radius 1 is 1.26 bits per heavy atom. The van der Waals surface area contributed by atoms with Crippen LogP contribution in [0.2, 0.25) is 0 Å². The summed E-state index contributed by atoms with van der Waals surface area (Å²) in [4.78, 5) is 2.30. The molecule has 0 aliphatic carbocycles. The minimum absolute atomic E-state index is 0.168. The van der Waals surface area contributed by atoms with Crippen LogP contribution in [0.5, 0.6) is 0 Å². The molecule has 1 fully saturated rings. The maximum absolute atomic E-state index is 12.0. The second kappa shape index (κ2) is 7.04. The van der Waals surface area contributed by atoms with Gasteiger partial charge in [-0.1, -0.05) is 0 Å². The Kier molecular flexibility index (Phi) is 5.65. The van der Waals surface area contributed by atoms with Crippen LogP contribution >= 0.6 is 22.9 Å². The number of rotatable bonds is 6. The summed E-state index contributed by atoms with van der Waals surface area (Å²) in [6.45, 7) is 3.70. The zero-order valence-electron chi connectivity index (χ0n) is 10.8. The van der Waals surface area contributed by atoms with Crippen LogP contribution in [0.25, 0.3) is 0 Å². The first-order valence-electron chi connectivity index (χ1n) is 6.39. The molecule has 1 aromatic heterocycles. The normalized spacial score (nSPS) is 18.8. The predicted molar refractivity (Wildman–Crippen MR) is 80.3 cm³/mol. The first-order chi connectivity index (χ1) is 9.12. The molecule has 0 saturated carbocycles. The third kappa shape index (κ3) is 4.43. The van der Waals surface area contributed by atoms with E-state index in [1.807, 2.05) is 0 Å². The topological polar surface area (TPSA) is 40.6 Å². The van der Waals surface area contributed by atoms with Crippen molar-refractivity contribution in [2.45, 2.75) is 13.0 Å². The highest BCUT2D eigenvalue weighted by atomic mass is 35.5. The standard InChI is InChI=1S/C12H19ClN2O2S2/c13-3-1-9-19(16,17)15-6-4-14(5-7-15)10-12-2-8-18-11-12/h2,8,11H,1,3-7,9-10H2. The van der Waals surface area contributed by atoms with Gasteiger partial charge in [-0.2, -0.15) is 15.6 Å². The molecule has 19 heavy (non-hydrogen) atoms. The van der Waals surface area contributed by atoms with Gasteiger partial charge in [-0.25, -0.2) is 8.42 Å². The Morgan fingerprint density at radius 3 is 2.58 bits per heavy atom. The lowest BCUT2D eigenvalue weighted by molar-refractivity contribution is 0.182. The van der Waals surface area contributed by atoms with E-state index < -0.39 is 10.0 Å². The molecule has 2 heterocycles. The van der Waals surface area contributed by atoms with Crippen molar-refractivity contribution in [3.8, 4) is 0 Å². The molecule has 0 N–H and O–H groups in total. The average molecular weight is 323 g/mol. The van der Waals surface area contributed by atoms with E-state index in [4.69, 9.17) is 11.6 Å². The van der Waals surface area contributed by atoms with E-state index in [2.05, 4.69) is 21.7 Å². The van der Waals surface area contributed by atoms with E-state index in [9.17, 15) is 8.42 Å². The van der Waals surface area contributed by atoms with Crippen LogP contribution in [-0.2, 0) is 16.6 Å². The quantitative estimate of drug-likeness (QED) is 0.750. The third-order valence-corrected chi connectivity index (χ3v) is 6.20. The lowest BCUT2D eigenvalue weighted by Gasteiger charge is -2.33. The van der Waals surface area contributed by atoms with Gasteiger partial charge in [-0.05, 0) is 28.8 Å². The van der Waals surface area contributed by atoms with E-state index in [0.29, 0.717) is 25.4 Å². The second-order valence-corrected chi connectivity index (χ2v) is 7.91. The summed E-state index contributed by atoms with van der Waals surface area (Å²) in [7, 11) is -3.11. The largest absolute Gasteiger partial charge is 0.296 e. The van der Waals surface area contributed by atoms with Gasteiger partial charge in [-0.15, -0.1) is 11.6 Å². The first kappa shape index (κ1) is 15.3. The number of hydrogen-bond donors (Lipinski definition) is 0. The minimum atomic E-state index is -3.11. The number of sulfonamides is 1. The molecule has 0 atom stereocenters.